The normalized spacial score (nSPS) is 21.5. The molecule has 0 bridgehead atoms. The van der Waals surface area contributed by atoms with Gasteiger partial charge in [0.05, 0.1) is 68.7 Å². The molecule has 3 unspecified atom stereocenters. The summed E-state index contributed by atoms with van der Waals surface area (Å²) in [6.07, 6.45) is 6.48. The smallest absolute Gasteiger partial charge is 0.318 e. The van der Waals surface area contributed by atoms with Gasteiger partial charge in [0.25, 0.3) is 0 Å². The number of hydrogen-bond acceptors (Lipinski definition) is 19. The number of halogens is 2. The lowest BCUT2D eigenvalue weighted by molar-refractivity contribution is -0.128. The molecule has 4 saturated heterocycles. The van der Waals surface area contributed by atoms with Crippen molar-refractivity contribution >= 4 is 50.5 Å². The Kier molecular flexibility index (Phi) is 20.1. The number of piperazine rings is 2. The van der Waals surface area contributed by atoms with Crippen molar-refractivity contribution < 1.29 is 38.0 Å². The number of allylic oxidation sites excluding steroid dienone is 2. The molecule has 4 aromatic carbocycles. The molecular formula is C69H82F2N14O6. The Balaban J connectivity index is 0.785. The number of likely N-dealkylation sites (tertiary alicyclic amines) is 1. The number of carbonyl (C=O) groups excluding carboxylic acids is 1. The minimum Gasteiger partial charge on any atom is -0.463 e. The second-order valence-electron chi connectivity index (χ2n) is 24.8. The maximum atomic E-state index is 13.2. The molecule has 2 aromatic heterocycles. The molecule has 0 radical (unpaired) electrons. The van der Waals surface area contributed by atoms with Crippen molar-refractivity contribution in [1.82, 2.24) is 39.5 Å². The van der Waals surface area contributed by atoms with Crippen molar-refractivity contribution in [3.8, 4) is 24.2 Å². The van der Waals surface area contributed by atoms with Gasteiger partial charge in [0.1, 0.15) is 44.0 Å². The van der Waals surface area contributed by atoms with Crippen LogP contribution in [0.5, 0.6) is 12.0 Å². The maximum absolute atomic E-state index is 13.2. The number of amides is 1. The summed E-state index contributed by atoms with van der Waals surface area (Å²) in [5.74, 6) is 1.13. The third kappa shape index (κ3) is 14.2. The van der Waals surface area contributed by atoms with Crippen LogP contribution in [0.25, 0.3) is 21.5 Å². The fourth-order valence-corrected chi connectivity index (χ4v) is 14.4. The van der Waals surface area contributed by atoms with Crippen LogP contribution in [-0.2, 0) is 42.0 Å². The summed E-state index contributed by atoms with van der Waals surface area (Å²) in [6.45, 7) is 13.4. The second-order valence-corrected chi connectivity index (χ2v) is 24.8. The summed E-state index contributed by atoms with van der Waals surface area (Å²) >= 11 is 0. The van der Waals surface area contributed by atoms with Crippen LogP contribution >= 0.6 is 0 Å². The first-order chi connectivity index (χ1) is 44.5. The fourth-order valence-electron chi connectivity index (χ4n) is 14.4. The van der Waals surface area contributed by atoms with Crippen LogP contribution in [0.4, 0.5) is 31.8 Å². The number of aryl methyl sites for hydroxylation is 2. The van der Waals surface area contributed by atoms with Gasteiger partial charge >= 0.3 is 12.0 Å². The highest BCUT2D eigenvalue weighted by molar-refractivity contribution is 5.98. The van der Waals surface area contributed by atoms with E-state index in [-0.39, 0.29) is 43.3 Å². The van der Waals surface area contributed by atoms with E-state index in [0.29, 0.717) is 117 Å². The number of aliphatic hydroxyl groups is 2. The molecule has 0 spiro atoms. The number of anilines is 4. The molecule has 5 atom stereocenters. The molecule has 20 nitrogen and oxygen atoms in total. The van der Waals surface area contributed by atoms with Crippen molar-refractivity contribution in [1.29, 1.82) is 10.5 Å². The van der Waals surface area contributed by atoms with Crippen LogP contribution in [0.15, 0.2) is 91.0 Å². The summed E-state index contributed by atoms with van der Waals surface area (Å²) in [5.41, 5.74) is 9.34. The first-order valence-corrected chi connectivity index (χ1v) is 32.2. The SMILES string of the molecule is Cc1cccc2cccc(N3CCc4c(nc(OCC5CC(O)N(Cc6cc(N7CCc8c(nc(OCCN9CCCOCC9)nc8N8CCN(C(O)/C=C/CF)[C@@H](CC#N)C8)C7)c7c(C)cccc7c6)C5)nc4N4CCN(C(=O)/C=C/CF)[C@@H](CC#N)C4)C3)c12. The molecule has 4 fully saturated rings. The first kappa shape index (κ1) is 63.1. The minimum atomic E-state index is -1.02. The number of nitriles is 2. The number of fused-ring (bicyclic) bond motifs is 4. The molecular weight excluding hydrogens is 1160 g/mol. The number of benzene rings is 4. The number of aliphatic hydroxyl groups excluding tert-OH is 2. The zero-order valence-electron chi connectivity index (χ0n) is 52.2. The molecule has 0 saturated carbocycles. The van der Waals surface area contributed by atoms with Crippen LogP contribution < -0.4 is 29.1 Å². The van der Waals surface area contributed by atoms with Gasteiger partial charge in [-0.1, -0.05) is 54.6 Å². The number of nitrogens with zero attached hydrogens (tertiary/aromatic N) is 14. The maximum Gasteiger partial charge on any atom is 0.318 e. The van der Waals surface area contributed by atoms with Gasteiger partial charge in [-0.3, -0.25) is 19.5 Å². The number of aromatic nitrogens is 4. The first-order valence-electron chi connectivity index (χ1n) is 32.2. The molecule has 478 valence electrons. The molecule has 6 aliphatic rings. The lowest BCUT2D eigenvalue weighted by atomic mass is 9.97. The summed E-state index contributed by atoms with van der Waals surface area (Å²) in [7, 11) is 0. The second kappa shape index (κ2) is 29.0. The Labute approximate surface area is 531 Å². The quantitative estimate of drug-likeness (QED) is 0.0566. The number of hydrogen-bond donors (Lipinski definition) is 2. The van der Waals surface area contributed by atoms with Gasteiger partial charge in [-0.2, -0.15) is 30.5 Å². The highest BCUT2D eigenvalue weighted by Crippen LogP contribution is 2.40. The zero-order chi connectivity index (χ0) is 63.0. The van der Waals surface area contributed by atoms with E-state index in [9.17, 15) is 34.3 Å². The van der Waals surface area contributed by atoms with E-state index in [4.69, 9.17) is 34.1 Å². The standard InChI is InChI=1S/C69H82F2N14O6/c1-47-9-3-11-51-12-5-14-59(64(47)51)79-26-19-55-57(44-79)75-69(77-67(55)82-29-31-85(54(43-82)18-24-73)62(87)16-7-22-71)91-46-50-39-63(88)83(41-50)40-49-37-52-13-4-10-48(2)65(52)60(38-49)80-27-20-56-58(45-80)74-68(90-36-33-78-25-8-34-89-35-32-78)76-66(56)81-28-30-84(53(42-81)17-23-72)61(86)15-6-21-70/h3-7,9-16,37-38,50,53-54,61,63,86,88H,8,17-22,25-36,39-46H2,1-2H3/b15-6+,16-7+/t50?,53-,54-,61?,63?/m0/s1. The number of alkyl halides is 2. The number of rotatable bonds is 20. The Hall–Kier alpha value is -8.09. The van der Waals surface area contributed by atoms with Crippen molar-refractivity contribution in [3.63, 3.8) is 0 Å². The van der Waals surface area contributed by atoms with Crippen molar-refractivity contribution in [2.24, 2.45) is 5.92 Å². The van der Waals surface area contributed by atoms with Gasteiger partial charge in [0.15, 0.2) is 0 Å². The van der Waals surface area contributed by atoms with Crippen molar-refractivity contribution in [2.75, 3.05) is 138 Å². The average Bonchev–Trinajstić information content (AvgIpc) is 1.05. The van der Waals surface area contributed by atoms with Crippen molar-refractivity contribution in [3.05, 3.63) is 130 Å². The molecule has 1 amide bonds. The fraction of sp³-hybridized carbons (Fsp3) is 0.493. The largest absolute Gasteiger partial charge is 0.463 e. The molecule has 22 heteroatoms. The van der Waals surface area contributed by atoms with E-state index in [0.717, 1.165) is 100 Å². The van der Waals surface area contributed by atoms with Gasteiger partial charge in [0.2, 0.25) is 5.91 Å². The Morgan fingerprint density at radius 1 is 0.725 bits per heavy atom. The van der Waals surface area contributed by atoms with E-state index in [1.165, 1.54) is 40.6 Å². The van der Waals surface area contributed by atoms with Crippen LogP contribution in [0.2, 0.25) is 0 Å². The van der Waals surface area contributed by atoms with Crippen molar-refractivity contribution in [2.45, 2.75) is 96.5 Å². The average molecular weight is 1240 g/mol. The highest BCUT2D eigenvalue weighted by Gasteiger charge is 2.38. The lowest BCUT2D eigenvalue weighted by Crippen LogP contribution is -2.56. The van der Waals surface area contributed by atoms with E-state index >= 15 is 0 Å². The van der Waals surface area contributed by atoms with Gasteiger partial charge < -0.3 is 48.9 Å². The van der Waals surface area contributed by atoms with E-state index < -0.39 is 31.8 Å². The van der Waals surface area contributed by atoms with Gasteiger partial charge in [-0.25, -0.2) is 8.78 Å². The van der Waals surface area contributed by atoms with Crippen LogP contribution in [0, 0.1) is 42.4 Å². The monoisotopic (exact) mass is 1240 g/mol. The molecule has 6 aromatic rings. The molecule has 8 heterocycles. The third-order valence-electron chi connectivity index (χ3n) is 18.9. The molecule has 91 heavy (non-hydrogen) atoms. The van der Waals surface area contributed by atoms with Gasteiger partial charge in [-0.05, 0) is 97.3 Å². The van der Waals surface area contributed by atoms with Gasteiger partial charge in [-0.15, -0.1) is 0 Å². The molecule has 6 aliphatic heterocycles. The number of ether oxygens (including phenoxy) is 3. The summed E-state index contributed by atoms with van der Waals surface area (Å²) in [4.78, 5) is 50.8. The zero-order valence-corrected chi connectivity index (χ0v) is 52.2. The topological polar surface area (TPSA) is 210 Å². The van der Waals surface area contributed by atoms with Crippen LogP contribution in [0.3, 0.4) is 0 Å². The predicted molar refractivity (Wildman–Crippen MR) is 345 cm³/mol. The van der Waals surface area contributed by atoms with Crippen LogP contribution in [0.1, 0.15) is 64.9 Å². The molecule has 2 N–H and O–H groups in total. The van der Waals surface area contributed by atoms with E-state index in [2.05, 4.69) is 122 Å². The Morgan fingerprint density at radius 2 is 1.37 bits per heavy atom. The van der Waals surface area contributed by atoms with Crippen LogP contribution in [-0.4, -0.2) is 199 Å². The highest BCUT2D eigenvalue weighted by atomic mass is 19.1. The Morgan fingerprint density at radius 3 is 2.09 bits per heavy atom. The molecule has 12 rings (SSSR count). The minimum absolute atomic E-state index is 0.0500. The number of carbonyl (C=O) groups is 1. The Bertz CT molecular complexity index is 3720. The third-order valence-corrected chi connectivity index (χ3v) is 18.9. The summed E-state index contributed by atoms with van der Waals surface area (Å²) in [6, 6.07) is 28.0. The summed E-state index contributed by atoms with van der Waals surface area (Å²) in [5, 5.41) is 47.4. The van der Waals surface area contributed by atoms with E-state index in [1.807, 2.05) is 4.90 Å². The lowest BCUT2D eigenvalue weighted by Gasteiger charge is -2.43. The summed E-state index contributed by atoms with van der Waals surface area (Å²) < 4.78 is 45.1. The van der Waals surface area contributed by atoms with Gasteiger partial charge in [0, 0.05) is 143 Å². The predicted octanol–water partition coefficient (Wildman–Crippen LogP) is 7.34. The van der Waals surface area contributed by atoms with E-state index in [1.54, 1.807) is 4.90 Å². The molecule has 0 aliphatic carbocycles.